The predicted octanol–water partition coefficient (Wildman–Crippen LogP) is 3.57. The lowest BCUT2D eigenvalue weighted by Crippen LogP contribution is -2.54. The zero-order chi connectivity index (χ0) is 19.9. The van der Waals surface area contributed by atoms with Crippen LogP contribution >= 0.6 is 12.2 Å². The minimum Gasteiger partial charge on any atom is -0.349 e. The van der Waals surface area contributed by atoms with Crippen molar-refractivity contribution in [1.82, 2.24) is 9.88 Å². The Bertz CT molecular complexity index is 1000. The fourth-order valence-corrected chi connectivity index (χ4v) is 3.74. The lowest BCUT2D eigenvalue weighted by molar-refractivity contribution is -0.122. The Balaban J connectivity index is 2.09. The quantitative estimate of drug-likeness (QED) is 0.502. The Kier molecular flexibility index (Phi) is 5.02. The third kappa shape index (κ3) is 3.21. The molecule has 0 saturated carbocycles. The van der Waals surface area contributed by atoms with Crippen LogP contribution in [0.25, 0.3) is 6.08 Å². The summed E-state index contributed by atoms with van der Waals surface area (Å²) in [6.45, 7) is 10.8. The van der Waals surface area contributed by atoms with E-state index in [1.54, 1.807) is 6.08 Å². The Hall–Kier alpha value is -2.73. The van der Waals surface area contributed by atoms with Gasteiger partial charge < -0.3 is 4.57 Å². The van der Waals surface area contributed by atoms with Gasteiger partial charge in [0.05, 0.1) is 5.69 Å². The molecular formula is C21H23N3O2S. The van der Waals surface area contributed by atoms with E-state index in [-0.39, 0.29) is 10.7 Å². The molecule has 5 nitrogen and oxygen atoms in total. The highest BCUT2D eigenvalue weighted by Gasteiger charge is 2.35. The van der Waals surface area contributed by atoms with E-state index in [0.717, 1.165) is 34.6 Å². The van der Waals surface area contributed by atoms with E-state index in [0.29, 0.717) is 5.69 Å². The van der Waals surface area contributed by atoms with Crippen LogP contribution in [0, 0.1) is 27.7 Å². The van der Waals surface area contributed by atoms with Crippen LogP contribution in [0.4, 0.5) is 5.69 Å². The molecule has 3 rings (SSSR count). The van der Waals surface area contributed by atoms with Crippen molar-refractivity contribution in [3.63, 3.8) is 0 Å². The summed E-state index contributed by atoms with van der Waals surface area (Å²) in [5.41, 5.74) is 5.75. The second kappa shape index (κ2) is 7.12. The van der Waals surface area contributed by atoms with Crippen LogP contribution in [0.3, 0.4) is 0 Å². The second-order valence-corrected chi connectivity index (χ2v) is 7.13. The van der Waals surface area contributed by atoms with Crippen LogP contribution < -0.4 is 10.2 Å². The number of amides is 2. The van der Waals surface area contributed by atoms with Gasteiger partial charge in [0, 0.05) is 17.9 Å². The van der Waals surface area contributed by atoms with Crippen molar-refractivity contribution >= 4 is 40.9 Å². The zero-order valence-corrected chi connectivity index (χ0v) is 17.0. The minimum absolute atomic E-state index is 0.0841. The Labute approximate surface area is 164 Å². The van der Waals surface area contributed by atoms with Gasteiger partial charge in [0.2, 0.25) is 0 Å². The van der Waals surface area contributed by atoms with Crippen LogP contribution in [-0.4, -0.2) is 21.5 Å². The molecule has 0 radical (unpaired) electrons. The van der Waals surface area contributed by atoms with E-state index < -0.39 is 11.8 Å². The third-order valence-electron chi connectivity index (χ3n) is 5.15. The van der Waals surface area contributed by atoms with Gasteiger partial charge >= 0.3 is 0 Å². The summed E-state index contributed by atoms with van der Waals surface area (Å²) in [4.78, 5) is 27.1. The summed E-state index contributed by atoms with van der Waals surface area (Å²) >= 11 is 5.30. The molecule has 27 heavy (non-hydrogen) atoms. The normalized spacial score (nSPS) is 16.3. The fourth-order valence-electron chi connectivity index (χ4n) is 3.47. The molecule has 1 aliphatic heterocycles. The number of carbonyl (C=O) groups excluding carboxylic acids is 2. The van der Waals surface area contributed by atoms with Gasteiger partial charge in [-0.1, -0.05) is 12.1 Å². The van der Waals surface area contributed by atoms with Crippen molar-refractivity contribution in [1.29, 1.82) is 0 Å². The van der Waals surface area contributed by atoms with Crippen LogP contribution in [0.1, 0.15) is 35.0 Å². The van der Waals surface area contributed by atoms with Gasteiger partial charge in [0.25, 0.3) is 11.8 Å². The van der Waals surface area contributed by atoms with E-state index in [9.17, 15) is 9.59 Å². The number of aryl methyl sites for hydroxylation is 2. The van der Waals surface area contributed by atoms with E-state index in [1.807, 2.05) is 52.0 Å². The third-order valence-corrected chi connectivity index (χ3v) is 5.43. The molecule has 0 bridgehead atoms. The van der Waals surface area contributed by atoms with Gasteiger partial charge in [-0.15, -0.1) is 0 Å². The molecule has 0 aliphatic carbocycles. The first kappa shape index (κ1) is 19.0. The summed E-state index contributed by atoms with van der Waals surface area (Å²) in [7, 11) is 0. The lowest BCUT2D eigenvalue weighted by Gasteiger charge is -2.30. The molecule has 0 spiro atoms. The topological polar surface area (TPSA) is 54.3 Å². The van der Waals surface area contributed by atoms with Gasteiger partial charge in [-0.3, -0.25) is 19.8 Å². The highest BCUT2D eigenvalue weighted by molar-refractivity contribution is 7.80. The summed E-state index contributed by atoms with van der Waals surface area (Å²) in [5, 5.41) is 2.76. The van der Waals surface area contributed by atoms with Crippen molar-refractivity contribution in [2.75, 3.05) is 4.90 Å². The number of thiocarbonyl (C=S) groups is 1. The maximum Gasteiger partial charge on any atom is 0.270 e. The van der Waals surface area contributed by atoms with Crippen LogP contribution in [0.15, 0.2) is 29.8 Å². The van der Waals surface area contributed by atoms with Crippen LogP contribution in [0.2, 0.25) is 0 Å². The first-order chi connectivity index (χ1) is 12.8. The van der Waals surface area contributed by atoms with E-state index >= 15 is 0 Å². The van der Waals surface area contributed by atoms with E-state index in [1.165, 1.54) is 4.90 Å². The minimum atomic E-state index is -0.465. The molecule has 1 aromatic carbocycles. The van der Waals surface area contributed by atoms with Gasteiger partial charge in [-0.25, -0.2) is 0 Å². The molecule has 0 atom stereocenters. The first-order valence-corrected chi connectivity index (χ1v) is 9.31. The molecule has 0 unspecified atom stereocenters. The summed E-state index contributed by atoms with van der Waals surface area (Å²) in [5.74, 6) is -0.869. The molecule has 1 saturated heterocycles. The highest BCUT2D eigenvalue weighted by atomic mass is 32.1. The number of benzene rings is 1. The molecule has 2 aromatic rings. The molecule has 140 valence electrons. The number of nitrogens with one attached hydrogen (secondary N) is 1. The van der Waals surface area contributed by atoms with Gasteiger partial charge in [0.15, 0.2) is 5.11 Å². The van der Waals surface area contributed by atoms with E-state index in [4.69, 9.17) is 12.2 Å². The Morgan fingerprint density at radius 3 is 2.48 bits per heavy atom. The van der Waals surface area contributed by atoms with Gasteiger partial charge in [-0.05, 0) is 81.7 Å². The van der Waals surface area contributed by atoms with Crippen LogP contribution in [0.5, 0.6) is 0 Å². The molecular weight excluding hydrogens is 358 g/mol. The Morgan fingerprint density at radius 2 is 1.85 bits per heavy atom. The summed E-state index contributed by atoms with van der Waals surface area (Å²) < 4.78 is 2.14. The van der Waals surface area contributed by atoms with Crippen molar-refractivity contribution in [2.45, 2.75) is 41.2 Å². The van der Waals surface area contributed by atoms with Crippen molar-refractivity contribution < 1.29 is 9.59 Å². The fraction of sp³-hybridized carbons (Fsp3) is 0.286. The Morgan fingerprint density at radius 1 is 1.15 bits per heavy atom. The number of nitrogens with zero attached hydrogens (tertiary/aromatic N) is 2. The maximum atomic E-state index is 13.2. The number of rotatable bonds is 3. The monoisotopic (exact) mass is 381 g/mol. The van der Waals surface area contributed by atoms with Crippen molar-refractivity contribution in [3.8, 4) is 0 Å². The number of aromatic nitrogens is 1. The molecule has 1 aromatic heterocycles. The van der Waals surface area contributed by atoms with E-state index in [2.05, 4.69) is 16.8 Å². The van der Waals surface area contributed by atoms with Crippen LogP contribution in [-0.2, 0) is 16.1 Å². The number of hydrogen-bond acceptors (Lipinski definition) is 3. The average Bonchev–Trinajstić information content (AvgIpc) is 2.88. The molecule has 6 heteroatoms. The highest BCUT2D eigenvalue weighted by Crippen LogP contribution is 2.28. The summed E-state index contributed by atoms with van der Waals surface area (Å²) in [6, 6.07) is 7.68. The molecule has 1 N–H and O–H groups in total. The number of carbonyl (C=O) groups is 2. The molecule has 2 amide bonds. The first-order valence-electron chi connectivity index (χ1n) is 8.90. The predicted molar refractivity (Wildman–Crippen MR) is 112 cm³/mol. The van der Waals surface area contributed by atoms with Crippen molar-refractivity contribution in [2.24, 2.45) is 0 Å². The largest absolute Gasteiger partial charge is 0.349 e. The van der Waals surface area contributed by atoms with Gasteiger partial charge in [-0.2, -0.15) is 0 Å². The number of anilines is 1. The molecule has 2 heterocycles. The molecule has 1 aliphatic rings. The smallest absolute Gasteiger partial charge is 0.270 e. The zero-order valence-electron chi connectivity index (χ0n) is 16.2. The standard InChI is InChI=1S/C21H23N3O2S/c1-6-23-13(3)10-16(15(23)5)11-17-19(25)22-21(27)24(20(17)26)18-9-7-8-12(2)14(18)4/h7-11H,6H2,1-5H3,(H,22,25,27)/b17-11-. The number of hydrogen-bond donors (Lipinski definition) is 1. The van der Waals surface area contributed by atoms with Gasteiger partial charge in [0.1, 0.15) is 5.57 Å². The maximum absolute atomic E-state index is 13.2. The average molecular weight is 382 g/mol. The SMILES string of the molecule is CCn1c(C)cc(/C=C2/C(=O)NC(=S)N(c3cccc(C)c3C)C2=O)c1C. The molecule has 1 fully saturated rings. The van der Waals surface area contributed by atoms with Crippen molar-refractivity contribution in [3.05, 3.63) is 57.9 Å². The lowest BCUT2D eigenvalue weighted by atomic mass is 10.0. The summed E-state index contributed by atoms with van der Waals surface area (Å²) in [6.07, 6.45) is 1.66. The second-order valence-electron chi connectivity index (χ2n) is 6.75.